The number of carboxylic acid groups (broad SMARTS) is 1. The molecule has 0 saturated carbocycles. The molecule has 124 valence electrons. The number of hydrazine groups is 2. The van der Waals surface area contributed by atoms with E-state index in [9.17, 15) is 24.3 Å². The second-order valence-corrected chi connectivity index (χ2v) is 5.32. The first-order valence-corrected chi connectivity index (χ1v) is 6.81. The normalized spacial score (nSPS) is 15.6. The van der Waals surface area contributed by atoms with Crippen LogP contribution >= 0.6 is 0 Å². The summed E-state index contributed by atoms with van der Waals surface area (Å²) in [6.45, 7) is 3.51. The summed E-state index contributed by atoms with van der Waals surface area (Å²) in [5.74, 6) is -2.89. The van der Waals surface area contributed by atoms with Gasteiger partial charge >= 0.3 is 5.97 Å². The van der Waals surface area contributed by atoms with Crippen LogP contribution in [0.5, 0.6) is 0 Å². The van der Waals surface area contributed by atoms with Gasteiger partial charge in [-0.2, -0.15) is 5.17 Å². The zero-order valence-electron chi connectivity index (χ0n) is 12.6. The summed E-state index contributed by atoms with van der Waals surface area (Å²) in [6.07, 6.45) is 0. The van der Waals surface area contributed by atoms with Crippen molar-refractivity contribution in [1.29, 1.82) is 0 Å². The molecule has 0 radical (unpaired) electrons. The summed E-state index contributed by atoms with van der Waals surface area (Å²) in [6, 6.07) is 3.16. The van der Waals surface area contributed by atoms with Crippen LogP contribution in [0.2, 0.25) is 0 Å². The molecule has 8 nitrogen and oxygen atoms in total. The lowest BCUT2D eigenvalue weighted by Crippen LogP contribution is -2.49. The zero-order chi connectivity index (χ0) is 17.3. The van der Waals surface area contributed by atoms with E-state index in [0.717, 1.165) is 17.3 Å². The van der Waals surface area contributed by atoms with Crippen molar-refractivity contribution >= 4 is 17.4 Å². The lowest BCUT2D eigenvalue weighted by Gasteiger charge is -2.26. The Bertz CT molecular complexity index is 689. The summed E-state index contributed by atoms with van der Waals surface area (Å²) in [7, 11) is 0. The molecule has 0 aromatic heterocycles. The van der Waals surface area contributed by atoms with Crippen molar-refractivity contribution in [2.75, 3.05) is 6.54 Å². The largest absolute Gasteiger partial charge is 0.476 e. The minimum absolute atomic E-state index is 0.0278. The number of rotatable bonds is 5. The number of nitrogens with zero attached hydrogens (tertiary/aromatic N) is 2. The van der Waals surface area contributed by atoms with Gasteiger partial charge < -0.3 is 10.8 Å². The fourth-order valence-corrected chi connectivity index (χ4v) is 2.34. The molecule has 1 heterocycles. The van der Waals surface area contributed by atoms with Crippen molar-refractivity contribution in [1.82, 2.24) is 15.7 Å². The summed E-state index contributed by atoms with van der Waals surface area (Å²) in [5, 5.41) is 21.0. The van der Waals surface area contributed by atoms with Crippen molar-refractivity contribution in [3.05, 3.63) is 40.8 Å². The summed E-state index contributed by atoms with van der Waals surface area (Å²) in [5.41, 5.74) is 7.69. The van der Waals surface area contributed by atoms with Crippen molar-refractivity contribution in [2.45, 2.75) is 19.9 Å². The highest BCUT2D eigenvalue weighted by Gasteiger charge is 2.36. The standard InChI is InChI=1S/C14H17FN4O4/c1-7(2)17-18-6-11(12(14(21)22)19(18)23)10-5-8(15)3-4-9(10)13(16)20/h3-5,7,17,23H,6H2,1-2H3,(H2,16,20)(H,21,22). The molecule has 0 fully saturated rings. The Balaban J connectivity index is 2.57. The third-order valence-corrected chi connectivity index (χ3v) is 3.20. The fraction of sp³-hybridized carbons (Fsp3) is 0.286. The van der Waals surface area contributed by atoms with Gasteiger partial charge in [0.15, 0.2) is 5.70 Å². The van der Waals surface area contributed by atoms with Gasteiger partial charge in [-0.3, -0.25) is 10.0 Å². The number of hydrogen-bond donors (Lipinski definition) is 4. The number of carbonyl (C=O) groups is 2. The van der Waals surface area contributed by atoms with E-state index in [4.69, 9.17) is 5.73 Å². The van der Waals surface area contributed by atoms with E-state index < -0.39 is 23.4 Å². The predicted octanol–water partition coefficient (Wildman–Crippen LogP) is 0.555. The number of hydroxylamine groups is 1. The van der Waals surface area contributed by atoms with Gasteiger partial charge in [-0.15, -0.1) is 5.12 Å². The van der Waals surface area contributed by atoms with Crippen molar-refractivity contribution in [3.8, 4) is 0 Å². The summed E-state index contributed by atoms with van der Waals surface area (Å²) in [4.78, 5) is 23.0. The van der Waals surface area contributed by atoms with E-state index in [1.165, 1.54) is 6.07 Å². The first-order valence-electron chi connectivity index (χ1n) is 6.81. The fourth-order valence-electron chi connectivity index (χ4n) is 2.34. The molecular formula is C14H17FN4O4. The second kappa shape index (κ2) is 6.32. The van der Waals surface area contributed by atoms with Gasteiger partial charge in [0.25, 0.3) is 0 Å². The maximum absolute atomic E-state index is 13.6. The Morgan fingerprint density at radius 2 is 2.04 bits per heavy atom. The molecule has 0 aliphatic carbocycles. The van der Waals surface area contributed by atoms with Crippen LogP contribution in [-0.2, 0) is 4.79 Å². The highest BCUT2D eigenvalue weighted by molar-refractivity contribution is 6.03. The number of aliphatic carboxylic acids is 1. The van der Waals surface area contributed by atoms with Crippen LogP contribution in [0.4, 0.5) is 4.39 Å². The molecule has 9 heteroatoms. The molecule has 1 aliphatic rings. The maximum atomic E-state index is 13.6. The van der Waals surface area contributed by atoms with E-state index in [1.54, 1.807) is 13.8 Å². The lowest BCUT2D eigenvalue weighted by atomic mass is 9.98. The zero-order valence-corrected chi connectivity index (χ0v) is 12.6. The van der Waals surface area contributed by atoms with E-state index >= 15 is 0 Å². The third kappa shape index (κ3) is 3.31. The molecule has 1 aliphatic heterocycles. The number of nitrogens with one attached hydrogen (secondary N) is 1. The summed E-state index contributed by atoms with van der Waals surface area (Å²) < 4.78 is 13.6. The topological polar surface area (TPSA) is 119 Å². The van der Waals surface area contributed by atoms with Crippen LogP contribution in [0.1, 0.15) is 29.8 Å². The average molecular weight is 324 g/mol. The molecule has 2 rings (SSSR count). The first-order chi connectivity index (χ1) is 10.7. The number of carbonyl (C=O) groups excluding carboxylic acids is 1. The first kappa shape index (κ1) is 16.9. The molecule has 1 amide bonds. The number of hydrogen-bond acceptors (Lipinski definition) is 6. The van der Waals surface area contributed by atoms with Gasteiger partial charge in [0.1, 0.15) is 5.82 Å². The molecule has 0 bridgehead atoms. The molecule has 0 spiro atoms. The molecule has 0 saturated heterocycles. The van der Waals surface area contributed by atoms with Crippen LogP contribution in [0.25, 0.3) is 5.57 Å². The van der Waals surface area contributed by atoms with Crippen molar-refractivity contribution in [3.63, 3.8) is 0 Å². The smallest absolute Gasteiger partial charge is 0.356 e. The monoisotopic (exact) mass is 324 g/mol. The molecular weight excluding hydrogens is 307 g/mol. The molecule has 1 aromatic rings. The van der Waals surface area contributed by atoms with Crippen LogP contribution in [0.3, 0.4) is 0 Å². The van der Waals surface area contributed by atoms with Crippen LogP contribution in [0, 0.1) is 5.82 Å². The Kier molecular flexibility index (Phi) is 4.64. The predicted molar refractivity (Wildman–Crippen MR) is 78.1 cm³/mol. The SMILES string of the molecule is CC(C)NN1CC(c2cc(F)ccc2C(N)=O)=C(C(=O)O)N1O. The molecule has 23 heavy (non-hydrogen) atoms. The van der Waals surface area contributed by atoms with Gasteiger partial charge in [-0.25, -0.2) is 14.6 Å². The highest BCUT2D eigenvalue weighted by atomic mass is 19.1. The minimum atomic E-state index is -1.42. The van der Waals surface area contributed by atoms with E-state index in [0.29, 0.717) is 5.17 Å². The number of amides is 1. The Hall–Kier alpha value is -2.49. The minimum Gasteiger partial charge on any atom is -0.476 e. The molecule has 0 atom stereocenters. The highest BCUT2D eigenvalue weighted by Crippen LogP contribution is 2.31. The van der Waals surface area contributed by atoms with E-state index in [-0.39, 0.29) is 29.3 Å². The van der Waals surface area contributed by atoms with E-state index in [1.807, 2.05) is 0 Å². The van der Waals surface area contributed by atoms with Crippen molar-refractivity contribution in [2.24, 2.45) is 5.73 Å². The number of primary amides is 1. The van der Waals surface area contributed by atoms with Gasteiger partial charge in [0.2, 0.25) is 5.91 Å². The van der Waals surface area contributed by atoms with Crippen LogP contribution in [0.15, 0.2) is 23.9 Å². The van der Waals surface area contributed by atoms with Crippen molar-refractivity contribution < 1.29 is 24.3 Å². The Morgan fingerprint density at radius 3 is 2.57 bits per heavy atom. The maximum Gasteiger partial charge on any atom is 0.356 e. The third-order valence-electron chi connectivity index (χ3n) is 3.20. The Labute approximate surface area is 131 Å². The summed E-state index contributed by atoms with van der Waals surface area (Å²) >= 11 is 0. The molecule has 1 aromatic carbocycles. The molecule has 0 unspecified atom stereocenters. The van der Waals surface area contributed by atoms with Gasteiger partial charge in [0.05, 0.1) is 6.54 Å². The number of nitrogens with two attached hydrogens (primary N) is 1. The number of carboxylic acids is 1. The van der Waals surface area contributed by atoms with Gasteiger partial charge in [0, 0.05) is 17.2 Å². The van der Waals surface area contributed by atoms with Crippen LogP contribution < -0.4 is 11.2 Å². The number of halogens is 1. The molecule has 5 N–H and O–H groups in total. The average Bonchev–Trinajstić information content (AvgIpc) is 2.74. The Morgan fingerprint density at radius 1 is 1.39 bits per heavy atom. The van der Waals surface area contributed by atoms with Crippen LogP contribution in [-0.4, -0.2) is 45.1 Å². The second-order valence-electron chi connectivity index (χ2n) is 5.32. The quantitative estimate of drug-likeness (QED) is 0.624. The lowest BCUT2D eigenvalue weighted by molar-refractivity contribution is -0.231. The van der Waals surface area contributed by atoms with E-state index in [2.05, 4.69) is 5.43 Å². The van der Waals surface area contributed by atoms with Gasteiger partial charge in [-0.05, 0) is 37.6 Å². The van der Waals surface area contributed by atoms with Gasteiger partial charge in [-0.1, -0.05) is 0 Å². The number of benzene rings is 1.